The van der Waals surface area contributed by atoms with E-state index >= 15 is 0 Å². The molecule has 1 fully saturated rings. The van der Waals surface area contributed by atoms with Crippen molar-refractivity contribution in [2.45, 2.75) is 51.7 Å². The summed E-state index contributed by atoms with van der Waals surface area (Å²) < 4.78 is 0. The van der Waals surface area contributed by atoms with E-state index in [-0.39, 0.29) is 24.4 Å². The van der Waals surface area contributed by atoms with Crippen LogP contribution in [0.2, 0.25) is 0 Å². The normalized spacial score (nSPS) is 15.6. The number of benzene rings is 1. The number of urea groups is 1. The van der Waals surface area contributed by atoms with Crippen molar-refractivity contribution in [3.63, 3.8) is 0 Å². The fraction of sp³-hybridized carbons (Fsp3) is 0.381. The molecule has 0 unspecified atom stereocenters. The van der Waals surface area contributed by atoms with Gasteiger partial charge in [-0.1, -0.05) is 30.3 Å². The van der Waals surface area contributed by atoms with Crippen molar-refractivity contribution in [2.24, 2.45) is 0 Å². The number of rotatable bonds is 8. The Morgan fingerprint density at radius 1 is 1.14 bits per heavy atom. The third kappa shape index (κ3) is 4.98. The molecule has 2 heterocycles. The van der Waals surface area contributed by atoms with Gasteiger partial charge in [0.25, 0.3) is 5.91 Å². The van der Waals surface area contributed by atoms with Crippen LogP contribution in [0.1, 0.15) is 42.7 Å². The van der Waals surface area contributed by atoms with Crippen molar-refractivity contribution in [1.29, 1.82) is 0 Å². The second-order valence-corrected chi connectivity index (χ2v) is 8.50. The molecule has 1 aromatic heterocycles. The zero-order valence-electron chi connectivity index (χ0n) is 16.2. The predicted molar refractivity (Wildman–Crippen MR) is 109 cm³/mol. The van der Waals surface area contributed by atoms with E-state index in [0.717, 1.165) is 24.0 Å². The van der Waals surface area contributed by atoms with Gasteiger partial charge in [0.1, 0.15) is 5.54 Å². The molecule has 1 aliphatic heterocycles. The molecule has 1 aromatic carbocycles. The van der Waals surface area contributed by atoms with Crippen molar-refractivity contribution in [2.75, 3.05) is 0 Å². The van der Waals surface area contributed by atoms with Gasteiger partial charge in [0.15, 0.2) is 0 Å². The molecule has 0 radical (unpaired) electrons. The molecule has 7 heteroatoms. The molecule has 1 aliphatic rings. The van der Waals surface area contributed by atoms with E-state index in [4.69, 9.17) is 0 Å². The van der Waals surface area contributed by atoms with Gasteiger partial charge < -0.3 is 10.6 Å². The summed E-state index contributed by atoms with van der Waals surface area (Å²) in [5.41, 5.74) is 0.991. The Labute approximate surface area is 168 Å². The van der Waals surface area contributed by atoms with Gasteiger partial charge in [-0.05, 0) is 49.3 Å². The second-order valence-electron chi connectivity index (χ2n) is 7.47. The molecule has 0 saturated carbocycles. The Morgan fingerprint density at radius 3 is 2.46 bits per heavy atom. The number of hydrogen-bond donors (Lipinski definition) is 2. The first-order valence-corrected chi connectivity index (χ1v) is 10.2. The minimum Gasteiger partial charge on any atom is -0.352 e. The fourth-order valence-corrected chi connectivity index (χ4v) is 3.82. The van der Waals surface area contributed by atoms with Gasteiger partial charge in [-0.3, -0.25) is 14.5 Å². The van der Waals surface area contributed by atoms with Crippen LogP contribution in [-0.4, -0.2) is 28.3 Å². The Morgan fingerprint density at radius 2 is 1.86 bits per heavy atom. The number of imide groups is 1. The first kappa shape index (κ1) is 20.1. The molecule has 0 spiro atoms. The summed E-state index contributed by atoms with van der Waals surface area (Å²) in [6.45, 7) is 4.09. The highest BCUT2D eigenvalue weighted by atomic mass is 32.1. The number of amides is 4. The molecule has 2 aromatic rings. The predicted octanol–water partition coefficient (Wildman–Crippen LogP) is 3.22. The molecular weight excluding hydrogens is 374 g/mol. The van der Waals surface area contributed by atoms with E-state index in [2.05, 4.69) is 16.7 Å². The standard InChI is InChI=1S/C21H25N3O3S/c1-21(2)19(26)24(20(27)23-21)14-16-10-8-15(9-11-16)13-22-18(25)7-3-5-17-6-4-12-28-17/h4,6,8-12H,3,5,7,13-14H2,1-2H3,(H,22,25)(H,23,27). The van der Waals surface area contributed by atoms with Crippen molar-refractivity contribution in [1.82, 2.24) is 15.5 Å². The summed E-state index contributed by atoms with van der Waals surface area (Å²) in [7, 11) is 0. The first-order valence-electron chi connectivity index (χ1n) is 9.36. The lowest BCUT2D eigenvalue weighted by atomic mass is 10.1. The summed E-state index contributed by atoms with van der Waals surface area (Å²) in [5.74, 6) is -0.182. The smallest absolute Gasteiger partial charge is 0.325 e. The Kier molecular flexibility index (Phi) is 6.14. The molecule has 3 rings (SSSR count). The van der Waals surface area contributed by atoms with Crippen LogP contribution in [0.5, 0.6) is 0 Å². The van der Waals surface area contributed by atoms with E-state index < -0.39 is 5.54 Å². The first-order chi connectivity index (χ1) is 13.3. The topological polar surface area (TPSA) is 78.5 Å². The number of nitrogens with zero attached hydrogens (tertiary/aromatic N) is 1. The zero-order valence-corrected chi connectivity index (χ0v) is 17.0. The maximum atomic E-state index is 12.2. The SMILES string of the molecule is CC1(C)NC(=O)N(Cc2ccc(CNC(=O)CCCc3cccs3)cc2)C1=O. The van der Waals surface area contributed by atoms with Crippen molar-refractivity contribution in [3.05, 3.63) is 57.8 Å². The highest BCUT2D eigenvalue weighted by molar-refractivity contribution is 7.09. The minimum absolute atomic E-state index is 0.0437. The number of aryl methyl sites for hydroxylation is 1. The molecule has 0 aliphatic carbocycles. The maximum absolute atomic E-state index is 12.2. The Bertz CT molecular complexity index is 844. The maximum Gasteiger partial charge on any atom is 0.325 e. The molecule has 0 atom stereocenters. The van der Waals surface area contributed by atoms with Crippen molar-refractivity contribution in [3.8, 4) is 0 Å². The molecule has 148 valence electrons. The molecular formula is C21H25N3O3S. The third-order valence-electron chi connectivity index (χ3n) is 4.70. The molecule has 28 heavy (non-hydrogen) atoms. The van der Waals surface area contributed by atoms with Crippen molar-refractivity contribution >= 4 is 29.2 Å². The van der Waals surface area contributed by atoms with Gasteiger partial charge in [-0.2, -0.15) is 0 Å². The van der Waals surface area contributed by atoms with Crippen LogP contribution in [0.25, 0.3) is 0 Å². The zero-order chi connectivity index (χ0) is 20.1. The van der Waals surface area contributed by atoms with Gasteiger partial charge in [-0.15, -0.1) is 11.3 Å². The van der Waals surface area contributed by atoms with Crippen LogP contribution in [0, 0.1) is 0 Å². The van der Waals surface area contributed by atoms with E-state index in [1.165, 1.54) is 9.78 Å². The van der Waals surface area contributed by atoms with Gasteiger partial charge >= 0.3 is 6.03 Å². The highest BCUT2D eigenvalue weighted by Gasteiger charge is 2.43. The number of carbonyl (C=O) groups excluding carboxylic acids is 3. The van der Waals surface area contributed by atoms with Crippen LogP contribution < -0.4 is 10.6 Å². The lowest BCUT2D eigenvalue weighted by Gasteiger charge is -2.16. The number of carbonyl (C=O) groups is 3. The summed E-state index contributed by atoms with van der Waals surface area (Å²) in [6.07, 6.45) is 2.28. The van der Waals surface area contributed by atoms with E-state index in [1.807, 2.05) is 35.7 Å². The number of thiophene rings is 1. The molecule has 2 N–H and O–H groups in total. The molecule has 1 saturated heterocycles. The summed E-state index contributed by atoms with van der Waals surface area (Å²) in [5, 5.41) is 7.65. The highest BCUT2D eigenvalue weighted by Crippen LogP contribution is 2.19. The van der Waals surface area contributed by atoms with Crippen molar-refractivity contribution < 1.29 is 14.4 Å². The molecule has 4 amide bonds. The molecule has 6 nitrogen and oxygen atoms in total. The minimum atomic E-state index is -0.856. The molecule has 0 bridgehead atoms. The van der Waals surface area contributed by atoms with E-state index in [0.29, 0.717) is 13.0 Å². The average Bonchev–Trinajstić information content (AvgIpc) is 3.23. The lowest BCUT2D eigenvalue weighted by molar-refractivity contribution is -0.130. The van der Waals surface area contributed by atoms with Crippen LogP contribution in [0.15, 0.2) is 41.8 Å². The van der Waals surface area contributed by atoms with Crippen LogP contribution in [0.4, 0.5) is 4.79 Å². The van der Waals surface area contributed by atoms with Gasteiger partial charge in [0, 0.05) is 17.8 Å². The van der Waals surface area contributed by atoms with Gasteiger partial charge in [0.05, 0.1) is 6.54 Å². The number of nitrogens with one attached hydrogen (secondary N) is 2. The van der Waals surface area contributed by atoms with E-state index in [1.54, 1.807) is 25.2 Å². The van der Waals surface area contributed by atoms with Crippen LogP contribution in [0.3, 0.4) is 0 Å². The summed E-state index contributed by atoms with van der Waals surface area (Å²) in [6, 6.07) is 11.3. The fourth-order valence-electron chi connectivity index (χ4n) is 3.07. The Balaban J connectivity index is 1.43. The third-order valence-corrected chi connectivity index (χ3v) is 5.64. The number of hydrogen-bond acceptors (Lipinski definition) is 4. The Hall–Kier alpha value is -2.67. The average molecular weight is 400 g/mol. The largest absolute Gasteiger partial charge is 0.352 e. The van der Waals surface area contributed by atoms with E-state index in [9.17, 15) is 14.4 Å². The second kappa shape index (κ2) is 8.56. The lowest BCUT2D eigenvalue weighted by Crippen LogP contribution is -2.40. The van der Waals surface area contributed by atoms with Gasteiger partial charge in [-0.25, -0.2) is 4.79 Å². The van der Waals surface area contributed by atoms with Crippen LogP contribution >= 0.6 is 11.3 Å². The summed E-state index contributed by atoms with van der Waals surface area (Å²) in [4.78, 5) is 38.7. The quantitative estimate of drug-likeness (QED) is 0.669. The monoisotopic (exact) mass is 399 g/mol. The van der Waals surface area contributed by atoms with Gasteiger partial charge in [0.2, 0.25) is 5.91 Å². The van der Waals surface area contributed by atoms with Crippen LogP contribution in [-0.2, 0) is 29.1 Å². The summed E-state index contributed by atoms with van der Waals surface area (Å²) >= 11 is 1.72.